The van der Waals surface area contributed by atoms with Crippen molar-refractivity contribution in [3.8, 4) is 22.6 Å². The van der Waals surface area contributed by atoms with Gasteiger partial charge in [-0.2, -0.15) is 0 Å². The van der Waals surface area contributed by atoms with Gasteiger partial charge in [0.1, 0.15) is 11.6 Å². The molecule has 0 saturated heterocycles. The number of H-pyrrole nitrogens is 3. The third kappa shape index (κ3) is 2.97. The molecule has 0 atom stereocenters. The van der Waals surface area contributed by atoms with Crippen LogP contribution in [0.15, 0.2) is 76.4 Å². The summed E-state index contributed by atoms with van der Waals surface area (Å²) in [6.07, 6.45) is 1.55. The first kappa shape index (κ1) is 19.5. The highest BCUT2D eigenvalue weighted by molar-refractivity contribution is 6.33. The Bertz CT molecular complexity index is 1830. The summed E-state index contributed by atoms with van der Waals surface area (Å²) in [7, 11) is 0. The summed E-state index contributed by atoms with van der Waals surface area (Å²) in [6, 6.07) is 16.7. The molecule has 6 nitrogen and oxygen atoms in total. The molecule has 3 N–H and O–H groups in total. The van der Waals surface area contributed by atoms with Crippen molar-refractivity contribution in [1.29, 1.82) is 0 Å². The van der Waals surface area contributed by atoms with Gasteiger partial charge in [0, 0.05) is 28.7 Å². The lowest BCUT2D eigenvalue weighted by Crippen LogP contribution is -2.06. The van der Waals surface area contributed by atoms with E-state index >= 15 is 0 Å². The molecule has 0 bridgehead atoms. The second kappa shape index (κ2) is 7.15. The van der Waals surface area contributed by atoms with Crippen LogP contribution in [0, 0.1) is 5.82 Å². The summed E-state index contributed by atoms with van der Waals surface area (Å²) in [5.41, 5.74) is 2.26. The molecule has 6 rings (SSSR count). The normalized spacial score (nSPS) is 11.6. The standard InChI is InChI=1S/C25H14ClFN4O2/c26-16-3-1-4-17(27)21(16)24-30-22-13-8-7-12(18-5-2-6-19(32)29-18)11-15(13)20-14(23(22)31-24)9-10-28-25(20)33/h1-11H,(H,28,33)(H,29,32)(H,30,31). The number of nitrogens with zero attached hydrogens (tertiary/aromatic N) is 1. The first-order valence-electron chi connectivity index (χ1n) is 10.1. The quantitative estimate of drug-likeness (QED) is 0.306. The number of fused-ring (bicyclic) bond motifs is 6. The summed E-state index contributed by atoms with van der Waals surface area (Å²) in [5.74, 6) is -0.220. The van der Waals surface area contributed by atoms with Crippen molar-refractivity contribution >= 4 is 44.2 Å². The number of imidazole rings is 1. The van der Waals surface area contributed by atoms with E-state index in [2.05, 4.69) is 19.9 Å². The number of halogens is 2. The lowest BCUT2D eigenvalue weighted by molar-refractivity contribution is 0.630. The lowest BCUT2D eigenvalue weighted by atomic mass is 9.98. The van der Waals surface area contributed by atoms with Gasteiger partial charge in [-0.1, -0.05) is 35.9 Å². The second-order valence-electron chi connectivity index (χ2n) is 7.69. The molecule has 0 spiro atoms. The van der Waals surface area contributed by atoms with E-state index in [0.717, 1.165) is 10.9 Å². The first-order chi connectivity index (χ1) is 16.0. The summed E-state index contributed by atoms with van der Waals surface area (Å²) in [6.45, 7) is 0. The van der Waals surface area contributed by atoms with Gasteiger partial charge in [-0.05, 0) is 41.3 Å². The largest absolute Gasteiger partial charge is 0.337 e. The molecule has 3 aromatic heterocycles. The van der Waals surface area contributed by atoms with E-state index in [0.29, 0.717) is 32.9 Å². The number of benzene rings is 3. The van der Waals surface area contributed by atoms with Crippen LogP contribution in [-0.4, -0.2) is 19.9 Å². The fourth-order valence-electron chi connectivity index (χ4n) is 4.30. The molecule has 0 fully saturated rings. The van der Waals surface area contributed by atoms with Crippen molar-refractivity contribution in [3.05, 3.63) is 98.4 Å². The number of aromatic nitrogens is 4. The molecule has 0 unspecified atom stereocenters. The van der Waals surface area contributed by atoms with Gasteiger partial charge in [-0.15, -0.1) is 0 Å². The van der Waals surface area contributed by atoms with Crippen molar-refractivity contribution < 1.29 is 4.39 Å². The highest BCUT2D eigenvalue weighted by atomic mass is 35.5. The third-order valence-corrected chi connectivity index (χ3v) is 6.07. The SMILES string of the molecule is O=c1cccc(-c2ccc3c(c2)c2c(=O)[nH]ccc2c2nc(-c4c(F)cccc4Cl)[nH]c32)[nH]1. The number of hydrogen-bond donors (Lipinski definition) is 3. The van der Waals surface area contributed by atoms with Crippen LogP contribution >= 0.6 is 11.6 Å². The lowest BCUT2D eigenvalue weighted by Gasteiger charge is -2.08. The van der Waals surface area contributed by atoms with E-state index in [4.69, 9.17) is 11.6 Å². The van der Waals surface area contributed by atoms with Gasteiger partial charge in [0.2, 0.25) is 5.56 Å². The smallest absolute Gasteiger partial charge is 0.256 e. The first-order valence-corrected chi connectivity index (χ1v) is 10.5. The Labute approximate surface area is 189 Å². The summed E-state index contributed by atoms with van der Waals surface area (Å²) in [4.78, 5) is 38.1. The summed E-state index contributed by atoms with van der Waals surface area (Å²) < 4.78 is 14.6. The molecule has 160 valence electrons. The minimum absolute atomic E-state index is 0.167. The summed E-state index contributed by atoms with van der Waals surface area (Å²) in [5, 5.41) is 2.72. The minimum Gasteiger partial charge on any atom is -0.337 e. The molecule has 0 aliphatic rings. The van der Waals surface area contributed by atoms with Crippen molar-refractivity contribution in [2.24, 2.45) is 0 Å². The molecular formula is C25H14ClFN4O2. The van der Waals surface area contributed by atoms with Crippen LogP contribution in [-0.2, 0) is 0 Å². The zero-order valence-corrected chi connectivity index (χ0v) is 17.6. The minimum atomic E-state index is -0.497. The highest BCUT2D eigenvalue weighted by Crippen LogP contribution is 2.37. The molecule has 0 radical (unpaired) electrons. The highest BCUT2D eigenvalue weighted by Gasteiger charge is 2.19. The molecule has 3 heterocycles. The van der Waals surface area contributed by atoms with Gasteiger partial charge < -0.3 is 15.0 Å². The maximum absolute atomic E-state index is 14.6. The molecule has 6 aromatic rings. The van der Waals surface area contributed by atoms with Crippen molar-refractivity contribution in [2.45, 2.75) is 0 Å². The number of hydrogen-bond acceptors (Lipinski definition) is 3. The Balaban J connectivity index is 1.75. The molecule has 3 aromatic carbocycles. The second-order valence-corrected chi connectivity index (χ2v) is 8.10. The van der Waals surface area contributed by atoms with Crippen LogP contribution in [0.5, 0.6) is 0 Å². The molecule has 8 heteroatoms. The third-order valence-electron chi connectivity index (χ3n) is 5.76. The van der Waals surface area contributed by atoms with Gasteiger partial charge in [0.15, 0.2) is 0 Å². The fraction of sp³-hybridized carbons (Fsp3) is 0. The Kier molecular flexibility index (Phi) is 4.21. The maximum atomic E-state index is 14.6. The maximum Gasteiger partial charge on any atom is 0.256 e. The zero-order chi connectivity index (χ0) is 22.7. The Morgan fingerprint density at radius 1 is 0.879 bits per heavy atom. The van der Waals surface area contributed by atoms with Crippen molar-refractivity contribution in [2.75, 3.05) is 0 Å². The molecule has 0 aliphatic carbocycles. The average Bonchev–Trinajstić information content (AvgIpc) is 3.24. The zero-order valence-electron chi connectivity index (χ0n) is 16.9. The van der Waals surface area contributed by atoms with Crippen LogP contribution in [0.3, 0.4) is 0 Å². The number of pyridine rings is 2. The van der Waals surface area contributed by atoms with E-state index in [1.807, 2.05) is 18.2 Å². The monoisotopic (exact) mass is 456 g/mol. The number of aromatic amines is 3. The van der Waals surface area contributed by atoms with Crippen LogP contribution in [0.4, 0.5) is 4.39 Å². The molecule has 0 aliphatic heterocycles. The van der Waals surface area contributed by atoms with Gasteiger partial charge in [-0.25, -0.2) is 9.37 Å². The van der Waals surface area contributed by atoms with Crippen LogP contribution in [0.25, 0.3) is 55.2 Å². The Hall–Kier alpha value is -4.23. The van der Waals surface area contributed by atoms with E-state index < -0.39 is 5.82 Å². The van der Waals surface area contributed by atoms with Gasteiger partial charge in [0.25, 0.3) is 5.56 Å². The van der Waals surface area contributed by atoms with Crippen LogP contribution in [0.1, 0.15) is 0 Å². The predicted octanol–water partition coefficient (Wildman–Crippen LogP) is 5.37. The molecule has 0 saturated carbocycles. The summed E-state index contributed by atoms with van der Waals surface area (Å²) >= 11 is 6.27. The van der Waals surface area contributed by atoms with E-state index in [1.165, 1.54) is 18.2 Å². The van der Waals surface area contributed by atoms with Crippen molar-refractivity contribution in [1.82, 2.24) is 19.9 Å². The molecule has 33 heavy (non-hydrogen) atoms. The Morgan fingerprint density at radius 3 is 2.55 bits per heavy atom. The van der Waals surface area contributed by atoms with Gasteiger partial charge in [-0.3, -0.25) is 9.59 Å². The van der Waals surface area contributed by atoms with E-state index in [9.17, 15) is 14.0 Å². The van der Waals surface area contributed by atoms with E-state index in [-0.39, 0.29) is 27.5 Å². The van der Waals surface area contributed by atoms with Crippen molar-refractivity contribution in [3.63, 3.8) is 0 Å². The number of nitrogens with one attached hydrogen (secondary N) is 3. The van der Waals surface area contributed by atoms with Gasteiger partial charge in [0.05, 0.1) is 27.0 Å². The fourth-order valence-corrected chi connectivity index (χ4v) is 4.55. The van der Waals surface area contributed by atoms with E-state index in [1.54, 1.807) is 30.5 Å². The number of rotatable bonds is 2. The molecule has 0 amide bonds. The molecular weight excluding hydrogens is 443 g/mol. The Morgan fingerprint density at radius 2 is 1.73 bits per heavy atom. The topological polar surface area (TPSA) is 94.4 Å². The average molecular weight is 457 g/mol. The van der Waals surface area contributed by atoms with Crippen LogP contribution in [0.2, 0.25) is 5.02 Å². The van der Waals surface area contributed by atoms with Gasteiger partial charge >= 0.3 is 0 Å². The predicted molar refractivity (Wildman–Crippen MR) is 128 cm³/mol. The van der Waals surface area contributed by atoms with Crippen LogP contribution < -0.4 is 11.1 Å².